The molecular weight excluding hydrogens is 268 g/mol. The van der Waals surface area contributed by atoms with Gasteiger partial charge in [-0.25, -0.2) is 9.59 Å². The summed E-state index contributed by atoms with van der Waals surface area (Å²) in [6.45, 7) is 5.51. The van der Waals surface area contributed by atoms with E-state index in [1.807, 2.05) is 44.2 Å². The topological polar surface area (TPSA) is 67.4 Å². The predicted molar refractivity (Wildman–Crippen MR) is 79.4 cm³/mol. The summed E-state index contributed by atoms with van der Waals surface area (Å²) in [5.74, 6) is -0.400. The van der Waals surface area contributed by atoms with Crippen LogP contribution in [0, 0.1) is 0 Å². The van der Waals surface area contributed by atoms with Gasteiger partial charge in [0, 0.05) is 5.70 Å². The Hall–Kier alpha value is -2.30. The van der Waals surface area contributed by atoms with Gasteiger partial charge in [-0.05, 0) is 25.8 Å². The fourth-order valence-electron chi connectivity index (χ4n) is 2.19. The number of ether oxygens (including phenoxy) is 1. The van der Waals surface area contributed by atoms with Gasteiger partial charge in [0.2, 0.25) is 0 Å². The number of esters is 1. The highest BCUT2D eigenvalue weighted by Gasteiger charge is 2.32. The highest BCUT2D eigenvalue weighted by Crippen LogP contribution is 2.27. The van der Waals surface area contributed by atoms with Gasteiger partial charge in [-0.15, -0.1) is 0 Å². The van der Waals surface area contributed by atoms with Crippen LogP contribution in [0.25, 0.3) is 0 Å². The molecule has 0 saturated carbocycles. The third kappa shape index (κ3) is 3.42. The minimum absolute atomic E-state index is 0.160. The SMILES string of the molecule is CCC(C)OC(=O)C1=C(C)NC(=O)NC1c1ccccc1. The Labute approximate surface area is 124 Å². The Kier molecular flexibility index (Phi) is 4.62. The quantitative estimate of drug-likeness (QED) is 0.837. The van der Waals surface area contributed by atoms with Crippen LogP contribution in [0.2, 0.25) is 0 Å². The van der Waals surface area contributed by atoms with Crippen molar-refractivity contribution in [3.05, 3.63) is 47.2 Å². The number of nitrogens with one attached hydrogen (secondary N) is 2. The molecule has 2 N–H and O–H groups in total. The Morgan fingerprint density at radius 1 is 1.33 bits per heavy atom. The van der Waals surface area contributed by atoms with Gasteiger partial charge in [-0.1, -0.05) is 37.3 Å². The maximum absolute atomic E-state index is 12.4. The fourth-order valence-corrected chi connectivity index (χ4v) is 2.19. The van der Waals surface area contributed by atoms with Crippen LogP contribution in [0.3, 0.4) is 0 Å². The molecule has 0 bridgehead atoms. The van der Waals surface area contributed by atoms with Crippen molar-refractivity contribution in [1.29, 1.82) is 0 Å². The summed E-state index contributed by atoms with van der Waals surface area (Å²) in [5, 5.41) is 5.41. The molecule has 1 aliphatic heterocycles. The van der Waals surface area contributed by atoms with Gasteiger partial charge in [0.1, 0.15) is 0 Å². The molecule has 5 nitrogen and oxygen atoms in total. The molecule has 1 aromatic carbocycles. The first kappa shape index (κ1) is 15.1. The third-order valence-electron chi connectivity index (χ3n) is 3.51. The standard InChI is InChI=1S/C16H20N2O3/c1-4-10(2)21-15(19)13-11(3)17-16(20)18-14(13)12-8-6-5-7-9-12/h5-10,14H,4H2,1-3H3,(H2,17,18,20). The first-order valence-electron chi connectivity index (χ1n) is 7.07. The highest BCUT2D eigenvalue weighted by atomic mass is 16.5. The lowest BCUT2D eigenvalue weighted by Gasteiger charge is -2.28. The maximum atomic E-state index is 12.4. The zero-order valence-corrected chi connectivity index (χ0v) is 12.5. The largest absolute Gasteiger partial charge is 0.459 e. The van der Waals surface area contributed by atoms with E-state index in [9.17, 15) is 9.59 Å². The average Bonchev–Trinajstić information content (AvgIpc) is 2.47. The smallest absolute Gasteiger partial charge is 0.338 e. The summed E-state index contributed by atoms with van der Waals surface area (Å²) < 4.78 is 5.41. The van der Waals surface area contributed by atoms with Gasteiger partial charge in [-0.3, -0.25) is 0 Å². The molecule has 1 aliphatic rings. The first-order valence-corrected chi connectivity index (χ1v) is 7.07. The van der Waals surface area contributed by atoms with Gasteiger partial charge < -0.3 is 15.4 Å². The number of carbonyl (C=O) groups is 2. The average molecular weight is 288 g/mol. The molecule has 0 saturated heterocycles. The van der Waals surface area contributed by atoms with Gasteiger partial charge in [0.15, 0.2) is 0 Å². The first-order chi connectivity index (χ1) is 10.0. The van der Waals surface area contributed by atoms with Crippen molar-refractivity contribution in [2.75, 3.05) is 0 Å². The van der Waals surface area contributed by atoms with E-state index in [0.717, 1.165) is 12.0 Å². The molecular formula is C16H20N2O3. The van der Waals surface area contributed by atoms with Crippen LogP contribution < -0.4 is 10.6 Å². The van der Waals surface area contributed by atoms with Crippen LogP contribution in [0.4, 0.5) is 4.79 Å². The van der Waals surface area contributed by atoms with E-state index in [0.29, 0.717) is 11.3 Å². The lowest BCUT2D eigenvalue weighted by molar-refractivity contribution is -0.144. The van der Waals surface area contributed by atoms with Gasteiger partial charge in [-0.2, -0.15) is 0 Å². The van der Waals surface area contributed by atoms with Gasteiger partial charge >= 0.3 is 12.0 Å². The normalized spacial score (nSPS) is 19.6. The van der Waals surface area contributed by atoms with E-state index in [1.54, 1.807) is 6.92 Å². The Bertz CT molecular complexity index is 566. The molecule has 112 valence electrons. The van der Waals surface area contributed by atoms with Crippen LogP contribution in [-0.2, 0) is 9.53 Å². The van der Waals surface area contributed by atoms with Crippen LogP contribution >= 0.6 is 0 Å². The fraction of sp³-hybridized carbons (Fsp3) is 0.375. The van der Waals surface area contributed by atoms with Crippen molar-refractivity contribution in [2.24, 2.45) is 0 Å². The van der Waals surface area contributed by atoms with E-state index in [-0.39, 0.29) is 12.1 Å². The van der Waals surface area contributed by atoms with Gasteiger partial charge in [0.05, 0.1) is 17.7 Å². The van der Waals surface area contributed by atoms with Crippen LogP contribution in [-0.4, -0.2) is 18.1 Å². The van der Waals surface area contributed by atoms with Crippen LogP contribution in [0.1, 0.15) is 38.8 Å². The molecule has 1 aromatic rings. The van der Waals surface area contributed by atoms with E-state index in [1.165, 1.54) is 0 Å². The molecule has 0 fully saturated rings. The van der Waals surface area contributed by atoms with Crippen molar-refractivity contribution in [3.8, 4) is 0 Å². The van der Waals surface area contributed by atoms with Crippen molar-refractivity contribution in [2.45, 2.75) is 39.3 Å². The second-order valence-electron chi connectivity index (χ2n) is 5.11. The van der Waals surface area contributed by atoms with E-state index in [4.69, 9.17) is 4.74 Å². The van der Waals surface area contributed by atoms with Gasteiger partial charge in [0.25, 0.3) is 0 Å². The summed E-state index contributed by atoms with van der Waals surface area (Å²) in [7, 11) is 0. The molecule has 0 aromatic heterocycles. The number of rotatable bonds is 4. The van der Waals surface area contributed by atoms with Crippen molar-refractivity contribution in [3.63, 3.8) is 0 Å². The number of hydrogen-bond donors (Lipinski definition) is 2. The Balaban J connectivity index is 2.35. The molecule has 5 heteroatoms. The second-order valence-corrected chi connectivity index (χ2v) is 5.11. The van der Waals surface area contributed by atoms with Crippen molar-refractivity contribution >= 4 is 12.0 Å². The van der Waals surface area contributed by atoms with E-state index >= 15 is 0 Å². The molecule has 0 aliphatic carbocycles. The zero-order valence-electron chi connectivity index (χ0n) is 12.5. The number of benzene rings is 1. The second kappa shape index (κ2) is 6.43. The molecule has 2 atom stereocenters. The monoisotopic (exact) mass is 288 g/mol. The molecule has 21 heavy (non-hydrogen) atoms. The minimum Gasteiger partial charge on any atom is -0.459 e. The number of urea groups is 1. The lowest BCUT2D eigenvalue weighted by atomic mass is 9.95. The summed E-state index contributed by atoms with van der Waals surface area (Å²) in [6, 6.07) is 8.57. The molecule has 2 unspecified atom stereocenters. The number of hydrogen-bond acceptors (Lipinski definition) is 3. The Morgan fingerprint density at radius 2 is 2.00 bits per heavy atom. The summed E-state index contributed by atoms with van der Waals surface area (Å²) >= 11 is 0. The minimum atomic E-state index is -0.489. The number of amides is 2. The summed E-state index contributed by atoms with van der Waals surface area (Å²) in [4.78, 5) is 24.1. The molecule has 2 amide bonds. The molecule has 1 heterocycles. The third-order valence-corrected chi connectivity index (χ3v) is 3.51. The van der Waals surface area contributed by atoms with Crippen molar-refractivity contribution < 1.29 is 14.3 Å². The van der Waals surface area contributed by atoms with Crippen molar-refractivity contribution in [1.82, 2.24) is 10.6 Å². The molecule has 0 radical (unpaired) electrons. The molecule has 0 spiro atoms. The van der Waals surface area contributed by atoms with E-state index < -0.39 is 12.0 Å². The number of carbonyl (C=O) groups excluding carboxylic acids is 2. The molecule has 2 rings (SSSR count). The van der Waals surface area contributed by atoms with E-state index in [2.05, 4.69) is 10.6 Å². The highest BCUT2D eigenvalue weighted by molar-refractivity contribution is 5.95. The zero-order chi connectivity index (χ0) is 15.4. The predicted octanol–water partition coefficient (Wildman–Crippen LogP) is 2.66. The van der Waals surface area contributed by atoms with Crippen LogP contribution in [0.15, 0.2) is 41.6 Å². The summed E-state index contributed by atoms with van der Waals surface area (Å²) in [5.41, 5.74) is 1.82. The Morgan fingerprint density at radius 3 is 2.62 bits per heavy atom. The number of allylic oxidation sites excluding steroid dienone is 1. The summed E-state index contributed by atoms with van der Waals surface area (Å²) in [6.07, 6.45) is 0.584. The maximum Gasteiger partial charge on any atom is 0.338 e. The van der Waals surface area contributed by atoms with Crippen LogP contribution in [0.5, 0.6) is 0 Å². The lowest BCUT2D eigenvalue weighted by Crippen LogP contribution is -2.45.